The lowest BCUT2D eigenvalue weighted by molar-refractivity contribution is 0.253. The van der Waals surface area contributed by atoms with Gasteiger partial charge in [0.1, 0.15) is 0 Å². The van der Waals surface area contributed by atoms with E-state index in [2.05, 4.69) is 32.6 Å². The highest BCUT2D eigenvalue weighted by atomic mass is 15.1. The number of nitrogens with zero attached hydrogens (tertiary/aromatic N) is 1. The minimum Gasteiger partial charge on any atom is -0.303 e. The molecule has 0 aromatic carbocycles. The van der Waals surface area contributed by atoms with Crippen LogP contribution in [0.2, 0.25) is 0 Å². The van der Waals surface area contributed by atoms with Crippen molar-refractivity contribution in [2.75, 3.05) is 19.6 Å². The lowest BCUT2D eigenvalue weighted by Crippen LogP contribution is -2.27. The Hall–Kier alpha value is -0.0400. The molecule has 0 aromatic heterocycles. The summed E-state index contributed by atoms with van der Waals surface area (Å²) in [5.41, 5.74) is 0. The van der Waals surface area contributed by atoms with E-state index in [1.807, 2.05) is 0 Å². The standard InChI is InChI=1S/C45H93N/c1-5-7-9-11-13-15-17-19-21-23-25-27-29-31-34-38-42-46(44-40-36-33-37-41-45(3)4)43-39-35-32-30-28-26-24-22-20-18-16-14-12-10-8-6-2/h45H,5-44H2,1-4H3. The van der Waals surface area contributed by atoms with Gasteiger partial charge in [-0.2, -0.15) is 0 Å². The van der Waals surface area contributed by atoms with E-state index < -0.39 is 0 Å². The third kappa shape index (κ3) is 40.1. The zero-order valence-electron chi connectivity index (χ0n) is 33.3. The molecule has 0 heterocycles. The second kappa shape index (κ2) is 41.1. The van der Waals surface area contributed by atoms with E-state index in [0.717, 1.165) is 5.92 Å². The Morgan fingerprint density at radius 1 is 0.261 bits per heavy atom. The van der Waals surface area contributed by atoms with Crippen molar-refractivity contribution in [1.82, 2.24) is 4.90 Å². The van der Waals surface area contributed by atoms with Crippen LogP contribution in [-0.2, 0) is 0 Å². The van der Waals surface area contributed by atoms with Gasteiger partial charge in [-0.3, -0.25) is 0 Å². The first-order valence-electron chi connectivity index (χ1n) is 22.4. The number of hydrogen-bond acceptors (Lipinski definition) is 1. The van der Waals surface area contributed by atoms with Gasteiger partial charge in [0.05, 0.1) is 0 Å². The fourth-order valence-corrected chi connectivity index (χ4v) is 7.34. The third-order valence-corrected chi connectivity index (χ3v) is 10.7. The van der Waals surface area contributed by atoms with Crippen LogP contribution in [0.1, 0.15) is 265 Å². The summed E-state index contributed by atoms with van der Waals surface area (Å²) in [5, 5.41) is 0. The molecule has 0 fully saturated rings. The molecule has 0 amide bonds. The smallest absolute Gasteiger partial charge is 0.00187 e. The molecule has 0 rings (SSSR count). The summed E-state index contributed by atoms with van der Waals surface area (Å²) in [7, 11) is 0. The van der Waals surface area contributed by atoms with E-state index in [0.29, 0.717) is 0 Å². The SMILES string of the molecule is CCCCCCCCCCCCCCCCCCN(CCCCCCCCCCCCCCCCCC)CCCCCCC(C)C. The fourth-order valence-electron chi connectivity index (χ4n) is 7.34. The van der Waals surface area contributed by atoms with Crippen LogP contribution in [0.25, 0.3) is 0 Å². The minimum absolute atomic E-state index is 0.876. The van der Waals surface area contributed by atoms with Gasteiger partial charge in [0, 0.05) is 0 Å². The predicted octanol–water partition coefficient (Wildman–Crippen LogP) is 16.4. The first kappa shape index (κ1) is 46.0. The Labute approximate surface area is 295 Å². The summed E-state index contributed by atoms with van der Waals surface area (Å²) < 4.78 is 0. The molecule has 0 aliphatic carbocycles. The summed E-state index contributed by atoms with van der Waals surface area (Å²) in [5.74, 6) is 0.876. The Morgan fingerprint density at radius 3 is 0.674 bits per heavy atom. The fraction of sp³-hybridized carbons (Fsp3) is 1.00. The molecular formula is C45H93N. The molecule has 0 N–H and O–H groups in total. The minimum atomic E-state index is 0.876. The van der Waals surface area contributed by atoms with Crippen molar-refractivity contribution < 1.29 is 0 Å². The first-order valence-corrected chi connectivity index (χ1v) is 22.4. The molecule has 0 radical (unpaired) electrons. The molecule has 0 aliphatic heterocycles. The van der Waals surface area contributed by atoms with Crippen molar-refractivity contribution in [2.45, 2.75) is 265 Å². The number of hydrogen-bond donors (Lipinski definition) is 0. The lowest BCUT2D eigenvalue weighted by Gasteiger charge is -2.22. The maximum Gasteiger partial charge on any atom is -0.00187 e. The number of rotatable bonds is 41. The lowest BCUT2D eigenvalue weighted by atomic mass is 10.0. The number of unbranched alkanes of at least 4 members (excludes halogenated alkanes) is 33. The Morgan fingerprint density at radius 2 is 0.457 bits per heavy atom. The summed E-state index contributed by atoms with van der Waals surface area (Å²) in [6.45, 7) is 13.5. The zero-order valence-corrected chi connectivity index (χ0v) is 33.3. The van der Waals surface area contributed by atoms with E-state index in [-0.39, 0.29) is 0 Å². The van der Waals surface area contributed by atoms with Crippen molar-refractivity contribution in [2.24, 2.45) is 5.92 Å². The van der Waals surface area contributed by atoms with Crippen molar-refractivity contribution in [3.05, 3.63) is 0 Å². The Balaban J connectivity index is 3.77. The second-order valence-electron chi connectivity index (χ2n) is 16.0. The highest BCUT2D eigenvalue weighted by Gasteiger charge is 2.06. The van der Waals surface area contributed by atoms with Gasteiger partial charge in [-0.1, -0.05) is 246 Å². The maximum absolute atomic E-state index is 2.86. The molecule has 0 unspecified atom stereocenters. The van der Waals surface area contributed by atoms with E-state index >= 15 is 0 Å². The molecule has 46 heavy (non-hydrogen) atoms. The van der Waals surface area contributed by atoms with Crippen molar-refractivity contribution in [1.29, 1.82) is 0 Å². The highest BCUT2D eigenvalue weighted by Crippen LogP contribution is 2.16. The topological polar surface area (TPSA) is 3.24 Å². The first-order chi connectivity index (χ1) is 22.7. The molecule has 0 bridgehead atoms. The van der Waals surface area contributed by atoms with Gasteiger partial charge in [-0.15, -0.1) is 0 Å². The van der Waals surface area contributed by atoms with Crippen LogP contribution in [0, 0.1) is 5.92 Å². The molecule has 0 saturated carbocycles. The maximum atomic E-state index is 2.86. The van der Waals surface area contributed by atoms with E-state index in [4.69, 9.17) is 0 Å². The van der Waals surface area contributed by atoms with E-state index in [9.17, 15) is 0 Å². The second-order valence-corrected chi connectivity index (χ2v) is 16.0. The van der Waals surface area contributed by atoms with Crippen molar-refractivity contribution in [3.63, 3.8) is 0 Å². The molecule has 0 aromatic rings. The van der Waals surface area contributed by atoms with Crippen LogP contribution < -0.4 is 0 Å². The molecular weight excluding hydrogens is 555 g/mol. The largest absolute Gasteiger partial charge is 0.303 e. The van der Waals surface area contributed by atoms with Gasteiger partial charge in [0.25, 0.3) is 0 Å². The van der Waals surface area contributed by atoms with Gasteiger partial charge in [0.2, 0.25) is 0 Å². The average Bonchev–Trinajstić information content (AvgIpc) is 3.05. The Bertz CT molecular complexity index is 477. The predicted molar refractivity (Wildman–Crippen MR) is 213 cm³/mol. The molecule has 0 spiro atoms. The normalized spacial score (nSPS) is 11.9. The summed E-state index contributed by atoms with van der Waals surface area (Å²) >= 11 is 0. The molecule has 0 atom stereocenters. The Kier molecular flexibility index (Phi) is 41.1. The van der Waals surface area contributed by atoms with Crippen LogP contribution >= 0.6 is 0 Å². The van der Waals surface area contributed by atoms with Crippen molar-refractivity contribution in [3.8, 4) is 0 Å². The van der Waals surface area contributed by atoms with Gasteiger partial charge < -0.3 is 4.90 Å². The van der Waals surface area contributed by atoms with Crippen LogP contribution in [0.5, 0.6) is 0 Å². The van der Waals surface area contributed by atoms with E-state index in [1.165, 1.54) is 257 Å². The molecule has 0 saturated heterocycles. The van der Waals surface area contributed by atoms with Crippen LogP contribution in [0.4, 0.5) is 0 Å². The van der Waals surface area contributed by atoms with Crippen LogP contribution in [0.3, 0.4) is 0 Å². The summed E-state index contributed by atoms with van der Waals surface area (Å²) in [6.07, 6.45) is 54.1. The van der Waals surface area contributed by atoms with Gasteiger partial charge in [0.15, 0.2) is 0 Å². The highest BCUT2D eigenvalue weighted by molar-refractivity contribution is 4.61. The van der Waals surface area contributed by atoms with Crippen LogP contribution in [0.15, 0.2) is 0 Å². The van der Waals surface area contributed by atoms with Crippen LogP contribution in [-0.4, -0.2) is 24.5 Å². The van der Waals surface area contributed by atoms with Gasteiger partial charge in [-0.05, 0) is 44.8 Å². The third-order valence-electron chi connectivity index (χ3n) is 10.7. The van der Waals surface area contributed by atoms with Crippen molar-refractivity contribution >= 4 is 0 Å². The quantitative estimate of drug-likeness (QED) is 0.0597. The molecule has 278 valence electrons. The van der Waals surface area contributed by atoms with Gasteiger partial charge >= 0.3 is 0 Å². The molecule has 1 heteroatoms. The summed E-state index contributed by atoms with van der Waals surface area (Å²) in [6, 6.07) is 0. The molecule has 1 nitrogen and oxygen atoms in total. The van der Waals surface area contributed by atoms with E-state index in [1.54, 1.807) is 0 Å². The van der Waals surface area contributed by atoms with Gasteiger partial charge in [-0.25, -0.2) is 0 Å². The average molecular weight is 648 g/mol. The summed E-state index contributed by atoms with van der Waals surface area (Å²) in [4.78, 5) is 2.86. The monoisotopic (exact) mass is 648 g/mol. The zero-order chi connectivity index (χ0) is 33.4. The molecule has 0 aliphatic rings.